The van der Waals surface area contributed by atoms with Crippen molar-refractivity contribution in [1.82, 2.24) is 24.6 Å². The third-order valence-electron chi connectivity index (χ3n) is 5.13. The molecule has 0 aliphatic heterocycles. The molecular weight excluding hydrogens is 366 g/mol. The Hall–Kier alpha value is -3.87. The van der Waals surface area contributed by atoms with Crippen molar-refractivity contribution in [2.24, 2.45) is 0 Å². The SMILES string of the molecule is COc1ccc2nc(-c3c(C)nc4c(-c5ccccc5)c(C)[nH]n4c3=O)[nH]c2c1. The Morgan fingerprint density at radius 1 is 1.00 bits per heavy atom. The first-order valence-corrected chi connectivity index (χ1v) is 9.28. The lowest BCUT2D eigenvalue weighted by atomic mass is 10.1. The minimum atomic E-state index is -0.191. The summed E-state index contributed by atoms with van der Waals surface area (Å²) in [5, 5.41) is 3.16. The topological polar surface area (TPSA) is 88.1 Å². The zero-order chi connectivity index (χ0) is 20.1. The van der Waals surface area contributed by atoms with Gasteiger partial charge in [0.25, 0.3) is 5.56 Å². The van der Waals surface area contributed by atoms with E-state index in [9.17, 15) is 4.79 Å². The van der Waals surface area contributed by atoms with Gasteiger partial charge in [-0.25, -0.2) is 14.5 Å². The molecule has 0 aliphatic carbocycles. The van der Waals surface area contributed by atoms with Crippen LogP contribution in [0.15, 0.2) is 53.3 Å². The summed E-state index contributed by atoms with van der Waals surface area (Å²) in [5.41, 5.74) is 5.86. The molecule has 0 saturated carbocycles. The van der Waals surface area contributed by atoms with Gasteiger partial charge in [-0.15, -0.1) is 0 Å². The fraction of sp³-hybridized carbons (Fsp3) is 0.136. The van der Waals surface area contributed by atoms with Crippen LogP contribution >= 0.6 is 0 Å². The molecular formula is C22H19N5O2. The number of hydrogen-bond acceptors (Lipinski definition) is 4. The molecule has 0 radical (unpaired) electrons. The highest BCUT2D eigenvalue weighted by Crippen LogP contribution is 2.28. The Bertz CT molecular complexity index is 1430. The van der Waals surface area contributed by atoms with Crippen molar-refractivity contribution in [3.05, 3.63) is 70.3 Å². The molecule has 2 N–H and O–H groups in total. The van der Waals surface area contributed by atoms with Crippen LogP contribution in [0.2, 0.25) is 0 Å². The minimum absolute atomic E-state index is 0.191. The van der Waals surface area contributed by atoms with Crippen LogP contribution in [-0.4, -0.2) is 31.7 Å². The zero-order valence-electron chi connectivity index (χ0n) is 16.3. The summed E-state index contributed by atoms with van der Waals surface area (Å²) in [6, 6.07) is 15.5. The molecule has 0 amide bonds. The Morgan fingerprint density at radius 3 is 2.55 bits per heavy atom. The van der Waals surface area contributed by atoms with Crippen LogP contribution in [-0.2, 0) is 0 Å². The molecule has 3 aromatic heterocycles. The van der Waals surface area contributed by atoms with E-state index in [4.69, 9.17) is 9.72 Å². The number of aromatic amines is 2. The van der Waals surface area contributed by atoms with Crippen molar-refractivity contribution in [3.63, 3.8) is 0 Å². The van der Waals surface area contributed by atoms with Crippen LogP contribution < -0.4 is 10.3 Å². The average Bonchev–Trinajstić information content (AvgIpc) is 3.28. The molecule has 5 aromatic rings. The Balaban J connectivity index is 1.75. The van der Waals surface area contributed by atoms with Crippen molar-refractivity contribution < 1.29 is 4.74 Å². The van der Waals surface area contributed by atoms with Crippen molar-refractivity contribution >= 4 is 16.7 Å². The third kappa shape index (κ3) is 2.62. The number of hydrogen-bond donors (Lipinski definition) is 2. The Morgan fingerprint density at radius 2 is 1.79 bits per heavy atom. The maximum Gasteiger partial charge on any atom is 0.283 e. The number of nitrogens with one attached hydrogen (secondary N) is 2. The van der Waals surface area contributed by atoms with Gasteiger partial charge in [-0.2, -0.15) is 0 Å². The predicted molar refractivity (Wildman–Crippen MR) is 112 cm³/mol. The summed E-state index contributed by atoms with van der Waals surface area (Å²) in [6.45, 7) is 3.78. The maximum atomic E-state index is 13.4. The number of aromatic nitrogens is 5. The van der Waals surface area contributed by atoms with Crippen LogP contribution in [0, 0.1) is 13.8 Å². The predicted octanol–water partition coefficient (Wildman–Crippen LogP) is 3.86. The molecule has 0 saturated heterocycles. The zero-order valence-corrected chi connectivity index (χ0v) is 16.3. The highest BCUT2D eigenvalue weighted by atomic mass is 16.5. The van der Waals surface area contributed by atoms with Crippen molar-refractivity contribution in [3.8, 4) is 28.3 Å². The number of methoxy groups -OCH3 is 1. The second-order valence-electron chi connectivity index (χ2n) is 6.98. The van der Waals surface area contributed by atoms with E-state index in [1.807, 2.05) is 62.4 Å². The Labute approximate surface area is 166 Å². The first-order chi connectivity index (χ1) is 14.1. The summed E-state index contributed by atoms with van der Waals surface area (Å²) in [7, 11) is 1.62. The second-order valence-corrected chi connectivity index (χ2v) is 6.98. The van der Waals surface area contributed by atoms with E-state index in [1.165, 1.54) is 4.52 Å². The third-order valence-corrected chi connectivity index (χ3v) is 5.13. The van der Waals surface area contributed by atoms with Crippen LogP contribution in [0.4, 0.5) is 0 Å². The summed E-state index contributed by atoms with van der Waals surface area (Å²) >= 11 is 0. The van der Waals surface area contributed by atoms with Gasteiger partial charge in [-0.1, -0.05) is 30.3 Å². The molecule has 144 valence electrons. The molecule has 7 nitrogen and oxygen atoms in total. The summed E-state index contributed by atoms with van der Waals surface area (Å²) in [5.74, 6) is 1.22. The van der Waals surface area contributed by atoms with Gasteiger partial charge in [-0.05, 0) is 31.5 Å². The lowest BCUT2D eigenvalue weighted by Gasteiger charge is -2.04. The van der Waals surface area contributed by atoms with Crippen LogP contribution in [0.5, 0.6) is 5.75 Å². The van der Waals surface area contributed by atoms with Crippen molar-refractivity contribution in [2.45, 2.75) is 13.8 Å². The average molecular weight is 385 g/mol. The van der Waals surface area contributed by atoms with Crippen LogP contribution in [0.1, 0.15) is 11.4 Å². The van der Waals surface area contributed by atoms with Crippen molar-refractivity contribution in [2.75, 3.05) is 7.11 Å². The number of H-pyrrole nitrogens is 2. The van der Waals surface area contributed by atoms with E-state index >= 15 is 0 Å². The smallest absolute Gasteiger partial charge is 0.283 e. The number of fused-ring (bicyclic) bond motifs is 2. The number of benzene rings is 2. The number of rotatable bonds is 3. The van der Waals surface area contributed by atoms with E-state index in [0.717, 1.165) is 33.6 Å². The van der Waals surface area contributed by atoms with Gasteiger partial charge in [0.15, 0.2) is 5.65 Å². The first-order valence-electron chi connectivity index (χ1n) is 9.28. The van der Waals surface area contributed by atoms with Gasteiger partial charge in [0.1, 0.15) is 17.1 Å². The van der Waals surface area contributed by atoms with Gasteiger partial charge in [-0.3, -0.25) is 9.89 Å². The van der Waals surface area contributed by atoms with E-state index < -0.39 is 0 Å². The largest absolute Gasteiger partial charge is 0.497 e. The molecule has 0 aliphatic rings. The molecule has 7 heteroatoms. The fourth-order valence-electron chi connectivity index (χ4n) is 3.75. The molecule has 0 atom stereocenters. The van der Waals surface area contributed by atoms with E-state index in [0.29, 0.717) is 22.7 Å². The number of nitrogens with zero attached hydrogens (tertiary/aromatic N) is 3. The second kappa shape index (κ2) is 6.34. The highest BCUT2D eigenvalue weighted by Gasteiger charge is 2.20. The standard InChI is InChI=1S/C22H19N5O2/c1-12-19(20-24-16-10-9-15(29-3)11-17(16)25-20)22(28)27-21(23-12)18(13(2)26-27)14-7-5-4-6-8-14/h4-11,26H,1-3H3,(H,24,25). The monoisotopic (exact) mass is 385 g/mol. The molecule has 0 fully saturated rings. The van der Waals surface area contributed by atoms with Gasteiger partial charge < -0.3 is 9.72 Å². The van der Waals surface area contributed by atoms with Gasteiger partial charge in [0.05, 0.1) is 23.8 Å². The minimum Gasteiger partial charge on any atom is -0.497 e. The van der Waals surface area contributed by atoms with Crippen molar-refractivity contribution in [1.29, 1.82) is 0 Å². The van der Waals surface area contributed by atoms with E-state index in [-0.39, 0.29) is 5.56 Å². The quantitative estimate of drug-likeness (QED) is 0.494. The first kappa shape index (κ1) is 17.2. The lowest BCUT2D eigenvalue weighted by Crippen LogP contribution is -2.19. The number of ether oxygens (including phenoxy) is 1. The molecule has 2 aromatic carbocycles. The fourth-order valence-corrected chi connectivity index (χ4v) is 3.75. The van der Waals surface area contributed by atoms with Crippen LogP contribution in [0.25, 0.3) is 39.2 Å². The molecule has 3 heterocycles. The van der Waals surface area contributed by atoms with E-state index in [2.05, 4.69) is 15.1 Å². The molecule has 0 spiro atoms. The number of imidazole rings is 1. The maximum absolute atomic E-state index is 13.4. The van der Waals surface area contributed by atoms with Gasteiger partial charge in [0.2, 0.25) is 0 Å². The van der Waals surface area contributed by atoms with Gasteiger partial charge >= 0.3 is 0 Å². The summed E-state index contributed by atoms with van der Waals surface area (Å²) < 4.78 is 6.76. The van der Waals surface area contributed by atoms with Gasteiger partial charge in [0, 0.05) is 17.3 Å². The van der Waals surface area contributed by atoms with Crippen LogP contribution in [0.3, 0.4) is 0 Å². The Kier molecular flexibility index (Phi) is 3.77. The molecule has 5 rings (SSSR count). The summed E-state index contributed by atoms with van der Waals surface area (Å²) in [6.07, 6.45) is 0. The molecule has 29 heavy (non-hydrogen) atoms. The summed E-state index contributed by atoms with van der Waals surface area (Å²) in [4.78, 5) is 25.9. The molecule has 0 unspecified atom stereocenters. The highest BCUT2D eigenvalue weighted by molar-refractivity contribution is 5.83. The van der Waals surface area contributed by atoms with E-state index in [1.54, 1.807) is 7.11 Å². The molecule has 0 bridgehead atoms. The number of aryl methyl sites for hydroxylation is 2. The lowest BCUT2D eigenvalue weighted by molar-refractivity contribution is 0.415. The normalized spacial score (nSPS) is 11.4.